The molecule has 3 aromatic rings. The van der Waals surface area contributed by atoms with Crippen LogP contribution in [0.4, 0.5) is 5.69 Å². The average Bonchev–Trinajstić information content (AvgIpc) is 2.85. The molecule has 0 spiro atoms. The van der Waals surface area contributed by atoms with E-state index in [9.17, 15) is 9.59 Å². The van der Waals surface area contributed by atoms with Gasteiger partial charge in [0.05, 0.1) is 17.3 Å². The van der Waals surface area contributed by atoms with Gasteiger partial charge in [0.15, 0.2) is 11.5 Å². The maximum absolute atomic E-state index is 12.2. The Morgan fingerprint density at radius 2 is 1.78 bits per heavy atom. The molecule has 0 aliphatic rings. The highest BCUT2D eigenvalue weighted by Crippen LogP contribution is 2.37. The second-order valence-electron chi connectivity index (χ2n) is 7.45. The standard InChI is InChI=1S/C26H24BrCl2N3O4/c1-3-17-7-5-6-8-22(17)31-25(33)26(34)32-30-14-16-11-20(27)24(23(12-16)35-4-2)36-15-18-9-10-19(28)13-21(18)29/h5-14H,3-4,15H2,1-2H3,(H,31,33)(H,32,34). The third-order valence-corrected chi connectivity index (χ3v) is 6.13. The number of ether oxygens (including phenoxy) is 2. The molecule has 0 unspecified atom stereocenters. The zero-order chi connectivity index (χ0) is 26.1. The molecule has 0 aliphatic heterocycles. The van der Waals surface area contributed by atoms with Crippen LogP contribution >= 0.6 is 39.1 Å². The van der Waals surface area contributed by atoms with E-state index < -0.39 is 11.8 Å². The smallest absolute Gasteiger partial charge is 0.329 e. The number of aryl methyl sites for hydroxylation is 1. The summed E-state index contributed by atoms with van der Waals surface area (Å²) in [4.78, 5) is 24.4. The lowest BCUT2D eigenvalue weighted by molar-refractivity contribution is -0.136. The van der Waals surface area contributed by atoms with Gasteiger partial charge in [0, 0.05) is 21.3 Å². The molecule has 2 N–H and O–H groups in total. The van der Waals surface area contributed by atoms with E-state index in [-0.39, 0.29) is 6.61 Å². The molecule has 2 amide bonds. The van der Waals surface area contributed by atoms with Crippen molar-refractivity contribution in [3.63, 3.8) is 0 Å². The molecule has 0 saturated heterocycles. The van der Waals surface area contributed by atoms with Crippen LogP contribution in [0.25, 0.3) is 0 Å². The predicted molar refractivity (Wildman–Crippen MR) is 146 cm³/mol. The Morgan fingerprint density at radius 1 is 1.00 bits per heavy atom. The van der Waals surface area contributed by atoms with Crippen LogP contribution < -0.4 is 20.2 Å². The second-order valence-corrected chi connectivity index (χ2v) is 9.15. The first-order valence-electron chi connectivity index (χ1n) is 11.1. The number of halogens is 3. The Labute approximate surface area is 227 Å². The van der Waals surface area contributed by atoms with Crippen molar-refractivity contribution in [1.29, 1.82) is 0 Å². The number of carbonyl (C=O) groups is 2. The first-order valence-corrected chi connectivity index (χ1v) is 12.6. The number of hydrogen-bond acceptors (Lipinski definition) is 5. The third-order valence-electron chi connectivity index (χ3n) is 4.95. The number of carbonyl (C=O) groups excluding carboxylic acids is 2. The molecule has 0 fully saturated rings. The fourth-order valence-corrected chi connectivity index (χ4v) is 4.24. The Bertz CT molecular complexity index is 1280. The van der Waals surface area contributed by atoms with Crippen LogP contribution in [0.15, 0.2) is 64.2 Å². The second kappa shape index (κ2) is 13.3. The normalized spacial score (nSPS) is 10.8. The highest BCUT2D eigenvalue weighted by Gasteiger charge is 2.15. The van der Waals surface area contributed by atoms with Crippen LogP contribution in [0.5, 0.6) is 11.5 Å². The summed E-state index contributed by atoms with van der Waals surface area (Å²) in [7, 11) is 0. The van der Waals surface area contributed by atoms with Gasteiger partial charge in [0.25, 0.3) is 0 Å². The Balaban J connectivity index is 1.67. The van der Waals surface area contributed by atoms with E-state index in [4.69, 9.17) is 32.7 Å². The van der Waals surface area contributed by atoms with Crippen LogP contribution in [0.3, 0.4) is 0 Å². The number of nitrogens with one attached hydrogen (secondary N) is 2. The van der Waals surface area contributed by atoms with Gasteiger partial charge in [-0.3, -0.25) is 9.59 Å². The molecule has 0 atom stereocenters. The van der Waals surface area contributed by atoms with E-state index >= 15 is 0 Å². The number of rotatable bonds is 9. The fourth-order valence-electron chi connectivity index (χ4n) is 3.20. The summed E-state index contributed by atoms with van der Waals surface area (Å²) in [6, 6.07) is 15.9. The summed E-state index contributed by atoms with van der Waals surface area (Å²) in [5, 5.41) is 7.54. The first-order chi connectivity index (χ1) is 17.3. The van der Waals surface area contributed by atoms with Crippen molar-refractivity contribution >= 4 is 62.8 Å². The molecule has 3 aromatic carbocycles. The minimum absolute atomic E-state index is 0.203. The predicted octanol–water partition coefficient (Wildman–Crippen LogP) is 6.38. The van der Waals surface area contributed by atoms with E-state index in [1.165, 1.54) is 6.21 Å². The summed E-state index contributed by atoms with van der Waals surface area (Å²) in [5.74, 6) is -0.744. The zero-order valence-corrected chi connectivity index (χ0v) is 22.7. The Hall–Kier alpha value is -3.07. The summed E-state index contributed by atoms with van der Waals surface area (Å²) in [5.41, 5.74) is 5.13. The molecule has 188 valence electrons. The molecule has 0 radical (unpaired) electrons. The Morgan fingerprint density at radius 3 is 2.50 bits per heavy atom. The van der Waals surface area contributed by atoms with Crippen LogP contribution in [-0.2, 0) is 22.6 Å². The number of hydrazone groups is 1. The van der Waals surface area contributed by atoms with Crippen molar-refractivity contribution in [2.45, 2.75) is 26.9 Å². The van der Waals surface area contributed by atoms with E-state index in [0.29, 0.717) is 43.9 Å². The molecular formula is C26H24BrCl2N3O4. The maximum Gasteiger partial charge on any atom is 0.329 e. The highest BCUT2D eigenvalue weighted by atomic mass is 79.9. The van der Waals surface area contributed by atoms with Crippen LogP contribution in [-0.4, -0.2) is 24.6 Å². The molecule has 0 bridgehead atoms. The van der Waals surface area contributed by atoms with Gasteiger partial charge in [-0.2, -0.15) is 5.10 Å². The number of benzene rings is 3. The van der Waals surface area contributed by atoms with Gasteiger partial charge in [-0.25, -0.2) is 5.43 Å². The van der Waals surface area contributed by atoms with Gasteiger partial charge in [0.1, 0.15) is 6.61 Å². The van der Waals surface area contributed by atoms with Crippen molar-refractivity contribution in [3.8, 4) is 11.5 Å². The number of nitrogens with zero attached hydrogens (tertiary/aromatic N) is 1. The van der Waals surface area contributed by atoms with Crippen LogP contribution in [0.1, 0.15) is 30.5 Å². The van der Waals surface area contributed by atoms with Gasteiger partial charge in [-0.15, -0.1) is 0 Å². The fraction of sp³-hybridized carbons (Fsp3) is 0.192. The molecule has 0 saturated carbocycles. The van der Waals surface area contributed by atoms with Gasteiger partial charge in [-0.1, -0.05) is 54.4 Å². The van der Waals surface area contributed by atoms with Gasteiger partial charge < -0.3 is 14.8 Å². The molecule has 0 aliphatic carbocycles. The largest absolute Gasteiger partial charge is 0.490 e. The average molecular weight is 593 g/mol. The first kappa shape index (κ1) is 27.5. The van der Waals surface area contributed by atoms with Crippen molar-refractivity contribution in [1.82, 2.24) is 5.43 Å². The monoisotopic (exact) mass is 591 g/mol. The van der Waals surface area contributed by atoms with Gasteiger partial charge in [0.2, 0.25) is 0 Å². The number of anilines is 1. The molecule has 10 heteroatoms. The number of para-hydroxylation sites is 1. The van der Waals surface area contributed by atoms with Crippen LogP contribution in [0.2, 0.25) is 10.0 Å². The molecule has 3 rings (SSSR count). The van der Waals surface area contributed by atoms with Crippen LogP contribution in [0, 0.1) is 0 Å². The Kier molecular flexibility index (Phi) is 10.2. The topological polar surface area (TPSA) is 89.0 Å². The third kappa shape index (κ3) is 7.46. The molecule has 0 aromatic heterocycles. The quantitative estimate of drug-likeness (QED) is 0.171. The minimum Gasteiger partial charge on any atom is -0.490 e. The van der Waals surface area contributed by atoms with Crippen molar-refractivity contribution in [2.24, 2.45) is 5.10 Å². The van der Waals surface area contributed by atoms with E-state index in [1.54, 1.807) is 42.5 Å². The minimum atomic E-state index is -0.888. The number of hydrogen-bond donors (Lipinski definition) is 2. The van der Waals surface area contributed by atoms with Crippen molar-refractivity contribution in [3.05, 3.63) is 85.8 Å². The lowest BCUT2D eigenvalue weighted by Crippen LogP contribution is -2.32. The zero-order valence-electron chi connectivity index (χ0n) is 19.6. The van der Waals surface area contributed by atoms with E-state index in [1.807, 2.05) is 26.0 Å². The molecule has 0 heterocycles. The van der Waals surface area contributed by atoms with E-state index in [0.717, 1.165) is 17.5 Å². The van der Waals surface area contributed by atoms with Crippen molar-refractivity contribution in [2.75, 3.05) is 11.9 Å². The lowest BCUT2D eigenvalue weighted by atomic mass is 10.1. The molecule has 7 nitrogen and oxygen atoms in total. The van der Waals surface area contributed by atoms with Crippen molar-refractivity contribution < 1.29 is 19.1 Å². The van der Waals surface area contributed by atoms with Gasteiger partial charge in [-0.05, 0) is 70.7 Å². The van der Waals surface area contributed by atoms with E-state index in [2.05, 4.69) is 31.8 Å². The summed E-state index contributed by atoms with van der Waals surface area (Å²) in [6.45, 7) is 4.42. The SMILES string of the molecule is CCOc1cc(C=NNC(=O)C(=O)Nc2ccccc2CC)cc(Br)c1OCc1ccc(Cl)cc1Cl. The summed E-state index contributed by atoms with van der Waals surface area (Å²) >= 11 is 15.7. The lowest BCUT2D eigenvalue weighted by Gasteiger charge is -2.15. The maximum atomic E-state index is 12.2. The number of amides is 2. The highest BCUT2D eigenvalue weighted by molar-refractivity contribution is 9.10. The summed E-state index contributed by atoms with van der Waals surface area (Å²) < 4.78 is 12.3. The summed E-state index contributed by atoms with van der Waals surface area (Å²) in [6.07, 6.45) is 2.12. The molecular weight excluding hydrogens is 569 g/mol. The van der Waals surface area contributed by atoms with Gasteiger partial charge >= 0.3 is 11.8 Å². The molecule has 36 heavy (non-hydrogen) atoms.